The van der Waals surface area contributed by atoms with Crippen LogP contribution in [0.5, 0.6) is 5.75 Å². The SMILES string of the molecule is COC(=O)c1ccc(C)c(OC(F)(F)F)c1. The highest BCUT2D eigenvalue weighted by atomic mass is 19.4. The van der Waals surface area contributed by atoms with Crippen molar-refractivity contribution in [3.63, 3.8) is 0 Å². The third-order valence-electron chi connectivity index (χ3n) is 1.83. The predicted molar refractivity (Wildman–Crippen MR) is 49.2 cm³/mol. The molecule has 3 nitrogen and oxygen atoms in total. The lowest BCUT2D eigenvalue weighted by molar-refractivity contribution is -0.274. The number of benzene rings is 1. The van der Waals surface area contributed by atoms with E-state index >= 15 is 0 Å². The van der Waals surface area contributed by atoms with Gasteiger partial charge in [-0.1, -0.05) is 6.07 Å². The van der Waals surface area contributed by atoms with Crippen molar-refractivity contribution in [1.82, 2.24) is 0 Å². The molecule has 16 heavy (non-hydrogen) atoms. The number of halogens is 3. The molecule has 0 aliphatic carbocycles. The van der Waals surface area contributed by atoms with Gasteiger partial charge in [-0.05, 0) is 24.6 Å². The van der Waals surface area contributed by atoms with Gasteiger partial charge in [0, 0.05) is 0 Å². The van der Waals surface area contributed by atoms with Crippen LogP contribution < -0.4 is 4.74 Å². The molecule has 88 valence electrons. The van der Waals surface area contributed by atoms with E-state index < -0.39 is 18.1 Å². The monoisotopic (exact) mass is 234 g/mol. The topological polar surface area (TPSA) is 35.5 Å². The van der Waals surface area contributed by atoms with Crippen molar-refractivity contribution < 1.29 is 27.4 Å². The molecule has 6 heteroatoms. The van der Waals surface area contributed by atoms with Crippen LogP contribution in [0.3, 0.4) is 0 Å². The van der Waals surface area contributed by atoms with E-state index in [1.165, 1.54) is 19.1 Å². The Morgan fingerprint density at radius 3 is 2.44 bits per heavy atom. The minimum atomic E-state index is -4.78. The lowest BCUT2D eigenvalue weighted by Crippen LogP contribution is -2.18. The molecule has 0 spiro atoms. The van der Waals surface area contributed by atoms with Crippen molar-refractivity contribution in [2.75, 3.05) is 7.11 Å². The highest BCUT2D eigenvalue weighted by Gasteiger charge is 2.32. The van der Waals surface area contributed by atoms with Crippen LogP contribution in [0.2, 0.25) is 0 Å². The molecule has 0 heterocycles. The smallest absolute Gasteiger partial charge is 0.465 e. The molecule has 0 unspecified atom stereocenters. The first-order valence-corrected chi connectivity index (χ1v) is 4.28. The Morgan fingerprint density at radius 2 is 1.94 bits per heavy atom. The zero-order valence-electron chi connectivity index (χ0n) is 8.59. The Bertz CT molecular complexity index is 399. The van der Waals surface area contributed by atoms with Crippen molar-refractivity contribution in [2.24, 2.45) is 0 Å². The highest BCUT2D eigenvalue weighted by molar-refractivity contribution is 5.89. The number of carbonyl (C=O) groups excluding carboxylic acids is 1. The van der Waals surface area contributed by atoms with Crippen molar-refractivity contribution in [1.29, 1.82) is 0 Å². The molecule has 0 saturated carbocycles. The molecule has 0 bridgehead atoms. The number of rotatable bonds is 2. The molecule has 0 N–H and O–H groups in total. The average molecular weight is 234 g/mol. The zero-order valence-corrected chi connectivity index (χ0v) is 8.59. The van der Waals surface area contributed by atoms with Crippen LogP contribution in [0.25, 0.3) is 0 Å². The standard InChI is InChI=1S/C10H9F3O3/c1-6-3-4-7(9(14)15-2)5-8(6)16-10(11,12)13/h3-5H,1-2H3. The molecule has 0 saturated heterocycles. The molecular formula is C10H9F3O3. The fourth-order valence-electron chi connectivity index (χ4n) is 1.08. The van der Waals surface area contributed by atoms with Crippen LogP contribution in [-0.4, -0.2) is 19.4 Å². The Kier molecular flexibility index (Phi) is 3.41. The van der Waals surface area contributed by atoms with E-state index in [-0.39, 0.29) is 11.1 Å². The van der Waals surface area contributed by atoms with E-state index in [9.17, 15) is 18.0 Å². The second kappa shape index (κ2) is 4.42. The van der Waals surface area contributed by atoms with E-state index in [4.69, 9.17) is 0 Å². The first-order valence-electron chi connectivity index (χ1n) is 4.28. The number of hydrogen-bond donors (Lipinski definition) is 0. The molecule has 0 fully saturated rings. The molecule has 1 aromatic rings. The van der Waals surface area contributed by atoms with Gasteiger partial charge in [-0.15, -0.1) is 13.2 Å². The summed E-state index contributed by atoms with van der Waals surface area (Å²) in [5, 5.41) is 0. The maximum absolute atomic E-state index is 12.0. The van der Waals surface area contributed by atoms with Gasteiger partial charge < -0.3 is 9.47 Å². The van der Waals surface area contributed by atoms with E-state index in [2.05, 4.69) is 9.47 Å². The summed E-state index contributed by atoms with van der Waals surface area (Å²) in [6, 6.07) is 3.71. The lowest BCUT2D eigenvalue weighted by Gasteiger charge is -2.12. The summed E-state index contributed by atoms with van der Waals surface area (Å²) < 4.78 is 44.1. The molecule has 0 radical (unpaired) electrons. The lowest BCUT2D eigenvalue weighted by atomic mass is 10.1. The normalized spacial score (nSPS) is 11.1. The summed E-state index contributed by atoms with van der Waals surface area (Å²) in [5.74, 6) is -1.12. The first-order chi connectivity index (χ1) is 7.33. The van der Waals surface area contributed by atoms with Crippen LogP contribution in [0.15, 0.2) is 18.2 Å². The van der Waals surface area contributed by atoms with E-state index in [0.717, 1.165) is 13.2 Å². The molecule has 0 aromatic heterocycles. The van der Waals surface area contributed by atoms with Crippen LogP contribution in [0.4, 0.5) is 13.2 Å². The molecule has 0 aliphatic heterocycles. The number of aryl methyl sites for hydroxylation is 1. The van der Waals surface area contributed by atoms with Crippen molar-refractivity contribution >= 4 is 5.97 Å². The van der Waals surface area contributed by atoms with Gasteiger partial charge >= 0.3 is 12.3 Å². The summed E-state index contributed by atoms with van der Waals surface area (Å²) in [7, 11) is 1.15. The third kappa shape index (κ3) is 3.15. The Morgan fingerprint density at radius 1 is 1.31 bits per heavy atom. The van der Waals surface area contributed by atoms with E-state index in [1.807, 2.05) is 0 Å². The first kappa shape index (κ1) is 12.4. The molecule has 1 aromatic carbocycles. The Labute approximate surface area is 89.8 Å². The Hall–Kier alpha value is -1.72. The summed E-state index contributed by atoms with van der Waals surface area (Å²) >= 11 is 0. The fraction of sp³-hybridized carbons (Fsp3) is 0.300. The minimum absolute atomic E-state index is 0.00681. The van der Waals surface area contributed by atoms with Crippen LogP contribution >= 0.6 is 0 Å². The summed E-state index contributed by atoms with van der Waals surface area (Å²) in [5.41, 5.74) is 0.289. The van der Waals surface area contributed by atoms with E-state index in [0.29, 0.717) is 0 Å². The second-order valence-corrected chi connectivity index (χ2v) is 3.02. The van der Waals surface area contributed by atoms with Gasteiger partial charge in [0.05, 0.1) is 12.7 Å². The number of methoxy groups -OCH3 is 1. The molecule has 0 amide bonds. The van der Waals surface area contributed by atoms with Gasteiger partial charge in [0.2, 0.25) is 0 Å². The number of alkyl halides is 3. The van der Waals surface area contributed by atoms with Crippen LogP contribution in [-0.2, 0) is 4.74 Å². The van der Waals surface area contributed by atoms with Gasteiger partial charge in [0.15, 0.2) is 0 Å². The number of hydrogen-bond acceptors (Lipinski definition) is 3. The predicted octanol–water partition coefficient (Wildman–Crippen LogP) is 2.68. The minimum Gasteiger partial charge on any atom is -0.465 e. The van der Waals surface area contributed by atoms with Crippen molar-refractivity contribution in [2.45, 2.75) is 13.3 Å². The number of esters is 1. The molecule has 1 rings (SSSR count). The maximum Gasteiger partial charge on any atom is 0.573 e. The summed E-state index contributed by atoms with van der Waals surface area (Å²) in [4.78, 5) is 11.1. The highest BCUT2D eigenvalue weighted by Crippen LogP contribution is 2.27. The second-order valence-electron chi connectivity index (χ2n) is 3.02. The zero-order chi connectivity index (χ0) is 12.3. The summed E-state index contributed by atoms with van der Waals surface area (Å²) in [6.45, 7) is 1.45. The summed E-state index contributed by atoms with van der Waals surface area (Å²) in [6.07, 6.45) is -4.78. The molecular weight excluding hydrogens is 225 g/mol. The molecule has 0 aliphatic rings. The van der Waals surface area contributed by atoms with Crippen LogP contribution in [0.1, 0.15) is 15.9 Å². The van der Waals surface area contributed by atoms with Crippen molar-refractivity contribution in [3.8, 4) is 5.75 Å². The van der Waals surface area contributed by atoms with Gasteiger partial charge in [-0.2, -0.15) is 0 Å². The van der Waals surface area contributed by atoms with Gasteiger partial charge in [0.1, 0.15) is 5.75 Å². The van der Waals surface area contributed by atoms with Crippen LogP contribution in [0, 0.1) is 6.92 Å². The maximum atomic E-state index is 12.0. The van der Waals surface area contributed by atoms with Gasteiger partial charge in [0.25, 0.3) is 0 Å². The van der Waals surface area contributed by atoms with E-state index in [1.54, 1.807) is 0 Å². The third-order valence-corrected chi connectivity index (χ3v) is 1.83. The number of ether oxygens (including phenoxy) is 2. The Balaban J connectivity index is 3.04. The number of carbonyl (C=O) groups is 1. The van der Waals surface area contributed by atoms with Gasteiger partial charge in [-0.3, -0.25) is 0 Å². The largest absolute Gasteiger partial charge is 0.573 e. The van der Waals surface area contributed by atoms with Gasteiger partial charge in [-0.25, -0.2) is 4.79 Å². The quantitative estimate of drug-likeness (QED) is 0.738. The van der Waals surface area contributed by atoms with Crippen molar-refractivity contribution in [3.05, 3.63) is 29.3 Å². The fourth-order valence-corrected chi connectivity index (χ4v) is 1.08. The average Bonchev–Trinajstić information content (AvgIpc) is 2.18. The molecule has 0 atom stereocenters.